The fourth-order valence-electron chi connectivity index (χ4n) is 6.50. The average Bonchev–Trinajstić information content (AvgIpc) is 3.27. The number of ketones is 1. The molecule has 1 aromatic rings. The summed E-state index contributed by atoms with van der Waals surface area (Å²) >= 11 is 0. The van der Waals surface area contributed by atoms with Gasteiger partial charge in [-0.2, -0.15) is 0 Å². The Morgan fingerprint density at radius 3 is 2.81 bits per heavy atom. The quantitative estimate of drug-likeness (QED) is 0.322. The van der Waals surface area contributed by atoms with Crippen LogP contribution in [0.3, 0.4) is 0 Å². The van der Waals surface area contributed by atoms with Gasteiger partial charge >= 0.3 is 6.09 Å². The molecule has 37 heavy (non-hydrogen) atoms. The molecule has 1 heterocycles. The number of unbranched alkanes of at least 4 members (excludes halogenated alkanes) is 1. The van der Waals surface area contributed by atoms with E-state index < -0.39 is 23.7 Å². The van der Waals surface area contributed by atoms with Crippen LogP contribution >= 0.6 is 0 Å². The van der Waals surface area contributed by atoms with Gasteiger partial charge in [0.25, 0.3) is 0 Å². The molecule has 1 fully saturated rings. The molecule has 2 amide bonds. The van der Waals surface area contributed by atoms with E-state index in [1.165, 1.54) is 4.90 Å². The predicted octanol–water partition coefficient (Wildman–Crippen LogP) is 1.22. The normalized spacial score (nSPS) is 26.2. The van der Waals surface area contributed by atoms with Gasteiger partial charge in [-0.25, -0.2) is 4.79 Å². The van der Waals surface area contributed by atoms with Crippen LogP contribution in [0.25, 0.3) is 0 Å². The Morgan fingerprint density at radius 2 is 2.11 bits per heavy atom. The van der Waals surface area contributed by atoms with Crippen LogP contribution in [0.15, 0.2) is 12.1 Å². The van der Waals surface area contributed by atoms with Gasteiger partial charge in [0.15, 0.2) is 23.4 Å². The van der Waals surface area contributed by atoms with Crippen LogP contribution in [0.4, 0.5) is 4.79 Å². The van der Waals surface area contributed by atoms with E-state index in [1.54, 1.807) is 13.1 Å². The topological polar surface area (TPSA) is 149 Å². The monoisotopic (exact) mass is 515 g/mol. The Balaban J connectivity index is 1.44. The summed E-state index contributed by atoms with van der Waals surface area (Å²) in [6.07, 6.45) is 4.03. The van der Waals surface area contributed by atoms with Crippen molar-refractivity contribution in [3.63, 3.8) is 0 Å². The lowest BCUT2D eigenvalue weighted by molar-refractivity contribution is -0.134. The highest BCUT2D eigenvalue weighted by molar-refractivity contribution is 5.89. The van der Waals surface area contributed by atoms with Crippen LogP contribution in [0, 0.1) is 5.92 Å². The lowest BCUT2D eigenvalue weighted by atomic mass is 9.54. The fourth-order valence-corrected chi connectivity index (χ4v) is 6.50. The first kappa shape index (κ1) is 27.3. The van der Waals surface area contributed by atoms with Crippen molar-refractivity contribution in [3.8, 4) is 11.5 Å². The molecule has 0 radical (unpaired) electrons. The van der Waals surface area contributed by atoms with Gasteiger partial charge in [-0.05, 0) is 63.2 Å². The summed E-state index contributed by atoms with van der Waals surface area (Å²) in [7, 11) is 3.59. The smallest absolute Gasteiger partial charge is 0.415 e. The largest absolute Gasteiger partial charge is 0.477 e. The number of nitrogens with one attached hydrogen (secondary N) is 2. The molecule has 2 aliphatic carbocycles. The van der Waals surface area contributed by atoms with Crippen molar-refractivity contribution >= 4 is 17.8 Å². The Hall–Kier alpha value is -2.69. The van der Waals surface area contributed by atoms with Crippen molar-refractivity contribution in [3.05, 3.63) is 23.3 Å². The number of rotatable bonds is 11. The number of Topliss-reactive ketones (excluding diaryl/α,β-unsaturated/α-hetero) is 1. The summed E-state index contributed by atoms with van der Waals surface area (Å²) in [6.45, 7) is 3.20. The minimum Gasteiger partial charge on any atom is -0.477 e. The van der Waals surface area contributed by atoms with Crippen molar-refractivity contribution in [2.75, 3.05) is 33.7 Å². The average molecular weight is 516 g/mol. The Bertz CT molecular complexity index is 1030. The van der Waals surface area contributed by atoms with Gasteiger partial charge in [-0.3, -0.25) is 9.59 Å². The first-order chi connectivity index (χ1) is 17.8. The van der Waals surface area contributed by atoms with Gasteiger partial charge in [0, 0.05) is 43.6 Å². The summed E-state index contributed by atoms with van der Waals surface area (Å²) in [5.74, 6) is 0.999. The van der Waals surface area contributed by atoms with Crippen LogP contribution in [0.2, 0.25) is 0 Å². The highest BCUT2D eigenvalue weighted by atomic mass is 16.6. The van der Waals surface area contributed by atoms with Crippen molar-refractivity contribution < 1.29 is 23.9 Å². The van der Waals surface area contributed by atoms with E-state index in [-0.39, 0.29) is 36.7 Å². The first-order valence-corrected chi connectivity index (χ1v) is 13.5. The van der Waals surface area contributed by atoms with E-state index >= 15 is 0 Å². The molecular weight excluding hydrogens is 474 g/mol. The maximum absolute atomic E-state index is 13.0. The molecular formula is C27H41N5O5. The number of hydrogen-bond acceptors (Lipinski definition) is 8. The molecule has 3 aliphatic rings. The van der Waals surface area contributed by atoms with Crippen LogP contribution in [0.1, 0.15) is 56.6 Å². The van der Waals surface area contributed by atoms with E-state index in [4.69, 9.17) is 20.9 Å². The Labute approximate surface area is 218 Å². The first-order valence-electron chi connectivity index (χ1n) is 13.5. The molecule has 10 nitrogen and oxygen atoms in total. The third-order valence-electron chi connectivity index (χ3n) is 8.48. The molecule has 5 atom stereocenters. The number of ether oxygens (including phenoxy) is 2. The van der Waals surface area contributed by atoms with E-state index in [0.717, 1.165) is 43.2 Å². The lowest BCUT2D eigenvalue weighted by Gasteiger charge is -2.50. The number of nitrogens with two attached hydrogens (primary N) is 2. The number of nitrogens with zero attached hydrogens (tertiary/aromatic N) is 1. The van der Waals surface area contributed by atoms with E-state index in [9.17, 15) is 14.4 Å². The fraction of sp³-hybridized carbons (Fsp3) is 0.667. The third kappa shape index (κ3) is 4.94. The van der Waals surface area contributed by atoms with E-state index in [0.29, 0.717) is 30.9 Å². The van der Waals surface area contributed by atoms with E-state index in [1.807, 2.05) is 13.1 Å². The summed E-state index contributed by atoms with van der Waals surface area (Å²) in [4.78, 5) is 39.5. The molecule has 204 valence electrons. The summed E-state index contributed by atoms with van der Waals surface area (Å²) in [5.41, 5.74) is 13.2. The van der Waals surface area contributed by atoms with Crippen LogP contribution in [-0.2, 0) is 21.4 Å². The summed E-state index contributed by atoms with van der Waals surface area (Å²) in [5, 5.41) is 6.24. The highest BCUT2D eigenvalue weighted by Gasteiger charge is 2.62. The highest BCUT2D eigenvalue weighted by Crippen LogP contribution is 2.61. The maximum Gasteiger partial charge on any atom is 0.415 e. The van der Waals surface area contributed by atoms with Crippen molar-refractivity contribution in [2.45, 2.75) is 75.5 Å². The van der Waals surface area contributed by atoms with Gasteiger partial charge in [-0.1, -0.05) is 19.4 Å². The second kappa shape index (κ2) is 11.4. The number of carbonyl (C=O) groups is 3. The second-order valence-electron chi connectivity index (χ2n) is 10.5. The molecule has 6 N–H and O–H groups in total. The van der Waals surface area contributed by atoms with Crippen LogP contribution in [-0.4, -0.2) is 74.6 Å². The number of likely N-dealkylation sites (N-methyl/N-ethyl adjacent to an activating group) is 2. The molecule has 4 rings (SSSR count). The number of hydrogen-bond donors (Lipinski definition) is 4. The molecule has 0 aromatic heterocycles. The number of benzene rings is 1. The summed E-state index contributed by atoms with van der Waals surface area (Å²) < 4.78 is 12.1. The third-order valence-corrected chi connectivity index (χ3v) is 8.48. The zero-order valence-electron chi connectivity index (χ0n) is 22.2. The Kier molecular flexibility index (Phi) is 8.40. The second-order valence-corrected chi connectivity index (χ2v) is 10.5. The molecule has 1 saturated carbocycles. The number of carbonyl (C=O) groups excluding carboxylic acids is 3. The minimum atomic E-state index is -0.593. The van der Waals surface area contributed by atoms with Gasteiger partial charge in [0.05, 0.1) is 6.04 Å². The predicted molar refractivity (Wildman–Crippen MR) is 140 cm³/mol. The molecule has 0 saturated heterocycles. The molecule has 1 aliphatic heterocycles. The van der Waals surface area contributed by atoms with Gasteiger partial charge < -0.3 is 36.5 Å². The van der Waals surface area contributed by atoms with Gasteiger partial charge in [0.2, 0.25) is 5.91 Å². The SMILES string of the molecule is CC[C@]12c3c4ccc(OC(=O)N(C)CCNC(=O)[C@@H](N)CCCCN)c3OC1C(=O)CCC2[C@H](NC)C4. The van der Waals surface area contributed by atoms with Crippen molar-refractivity contribution in [1.82, 2.24) is 15.5 Å². The van der Waals surface area contributed by atoms with Crippen LogP contribution < -0.4 is 31.6 Å². The zero-order valence-corrected chi connectivity index (χ0v) is 22.2. The standard InChI is InChI=1S/C27H41N5O5/c1-4-27-17-9-10-20(33)24(27)37-23-21(11-8-16(22(23)27)15-19(17)30-2)36-26(35)32(3)14-13-31-25(34)18(29)7-5-6-12-28/h8,11,17-19,24,30H,4-7,9-10,12-15,28-29H2,1-3H3,(H,31,34)/t17?,18-,19+,24?,27-/m0/s1. The van der Waals surface area contributed by atoms with Gasteiger partial charge in [-0.15, -0.1) is 0 Å². The molecule has 0 bridgehead atoms. The van der Waals surface area contributed by atoms with Crippen LogP contribution in [0.5, 0.6) is 11.5 Å². The van der Waals surface area contributed by atoms with Crippen molar-refractivity contribution in [1.29, 1.82) is 0 Å². The Morgan fingerprint density at radius 1 is 1.32 bits per heavy atom. The molecule has 2 unspecified atom stereocenters. The number of amides is 2. The van der Waals surface area contributed by atoms with Gasteiger partial charge in [0.1, 0.15) is 0 Å². The van der Waals surface area contributed by atoms with E-state index in [2.05, 4.69) is 17.6 Å². The van der Waals surface area contributed by atoms with Crippen molar-refractivity contribution in [2.24, 2.45) is 17.4 Å². The molecule has 10 heteroatoms. The zero-order chi connectivity index (χ0) is 26.7. The maximum atomic E-state index is 13.0. The lowest BCUT2D eigenvalue weighted by Crippen LogP contribution is -2.60. The molecule has 1 aromatic carbocycles. The minimum absolute atomic E-state index is 0.114. The summed E-state index contributed by atoms with van der Waals surface area (Å²) in [6, 6.07) is 3.43. The molecule has 0 spiro atoms.